The quantitative estimate of drug-likeness (QED) is 0.590. The molecule has 0 aromatic rings. The molecule has 0 fully saturated rings. The van der Waals surface area contributed by atoms with Crippen LogP contribution in [0.3, 0.4) is 0 Å². The van der Waals surface area contributed by atoms with Crippen molar-refractivity contribution in [3.63, 3.8) is 0 Å². The summed E-state index contributed by atoms with van der Waals surface area (Å²) in [6.45, 7) is 13.4. The molecule has 0 saturated carbocycles. The molecule has 2 nitrogen and oxygen atoms in total. The summed E-state index contributed by atoms with van der Waals surface area (Å²) in [5, 5.41) is 0. The normalized spacial score (nSPS) is 14.0. The average molecular weight is 218 g/mol. The monoisotopic (exact) mass is 218 g/mol. The summed E-state index contributed by atoms with van der Waals surface area (Å²) in [6.07, 6.45) is 4.60. The molecule has 15 heavy (non-hydrogen) atoms. The van der Waals surface area contributed by atoms with Crippen molar-refractivity contribution in [2.75, 3.05) is 6.61 Å². The van der Waals surface area contributed by atoms with E-state index in [0.717, 1.165) is 25.9 Å². The Hall–Kier alpha value is -0.0800. The van der Waals surface area contributed by atoms with E-state index in [2.05, 4.69) is 41.5 Å². The Bertz CT molecular complexity index is 105. The van der Waals surface area contributed by atoms with Crippen LogP contribution in [0.1, 0.15) is 67.2 Å². The molecule has 94 valence electrons. The summed E-state index contributed by atoms with van der Waals surface area (Å²) >= 11 is 0. The molecule has 0 aliphatic rings. The molecule has 0 N–H and O–H groups in total. The molecule has 0 aromatic carbocycles. The summed E-state index contributed by atoms with van der Waals surface area (Å²) in [5.74, 6) is 0. The van der Waals surface area contributed by atoms with Crippen molar-refractivity contribution in [3.05, 3.63) is 0 Å². The van der Waals surface area contributed by atoms with Gasteiger partial charge in [-0.1, -0.05) is 41.0 Å². The van der Waals surface area contributed by atoms with Gasteiger partial charge >= 0.3 is 0 Å². The molecule has 0 aromatic heterocycles. The Morgan fingerprint density at radius 2 is 1.47 bits per heavy atom. The predicted octanol–water partition coefficient (Wildman–Crippen LogP) is 4.38. The minimum Gasteiger partial charge on any atom is -0.353 e. The first-order valence-corrected chi connectivity index (χ1v) is 6.43. The zero-order chi connectivity index (χ0) is 12.1. The first-order chi connectivity index (χ1) is 7.15. The highest BCUT2D eigenvalue weighted by atomic mass is 16.7. The minimum atomic E-state index is -0.0000926. The number of hydrogen-bond donors (Lipinski definition) is 0. The van der Waals surface area contributed by atoms with Crippen molar-refractivity contribution in [3.8, 4) is 0 Å². The van der Waals surface area contributed by atoms with Crippen LogP contribution in [-0.2, 0) is 9.47 Å². The van der Waals surface area contributed by atoms with E-state index in [-0.39, 0.29) is 6.29 Å². The van der Waals surface area contributed by atoms with E-state index in [0.29, 0.717) is 6.10 Å². The van der Waals surface area contributed by atoms with Crippen molar-refractivity contribution in [2.24, 2.45) is 0 Å². The number of rotatable bonds is 7. The zero-order valence-corrected chi connectivity index (χ0v) is 11.5. The third-order valence-corrected chi connectivity index (χ3v) is 1.80. The van der Waals surface area contributed by atoms with Crippen LogP contribution >= 0.6 is 0 Å². The van der Waals surface area contributed by atoms with E-state index >= 15 is 0 Å². The highest BCUT2D eigenvalue weighted by Crippen LogP contribution is 2.07. The summed E-state index contributed by atoms with van der Waals surface area (Å²) in [6, 6.07) is 0. The fourth-order valence-electron chi connectivity index (χ4n) is 0.858. The van der Waals surface area contributed by atoms with Gasteiger partial charge in [-0.2, -0.15) is 0 Å². The SMILES string of the molecule is CCC.CCCOC(CC)OC(C)CC. The molecule has 0 rings (SSSR count). The third-order valence-electron chi connectivity index (χ3n) is 1.80. The third kappa shape index (κ3) is 13.9. The van der Waals surface area contributed by atoms with Crippen molar-refractivity contribution in [1.82, 2.24) is 0 Å². The van der Waals surface area contributed by atoms with Gasteiger partial charge in [0.15, 0.2) is 6.29 Å². The predicted molar refractivity (Wildman–Crippen MR) is 67.1 cm³/mol. The van der Waals surface area contributed by atoms with Crippen molar-refractivity contribution < 1.29 is 9.47 Å². The minimum absolute atomic E-state index is 0.0000926. The number of ether oxygens (including phenoxy) is 2. The second-order valence-electron chi connectivity index (χ2n) is 3.77. The van der Waals surface area contributed by atoms with Crippen LogP contribution in [0.5, 0.6) is 0 Å². The molecule has 0 saturated heterocycles. The van der Waals surface area contributed by atoms with E-state index in [1.807, 2.05) is 0 Å². The lowest BCUT2D eigenvalue weighted by molar-refractivity contribution is -0.168. The topological polar surface area (TPSA) is 18.5 Å². The largest absolute Gasteiger partial charge is 0.353 e. The Morgan fingerprint density at radius 1 is 0.933 bits per heavy atom. The Kier molecular flexibility index (Phi) is 16.1. The standard InChI is InChI=1S/C10H22O2.C3H8/c1-5-8-11-10(7-3)12-9(4)6-2;1-3-2/h9-10H,5-8H2,1-4H3;3H2,1-2H3. The van der Waals surface area contributed by atoms with Crippen LogP contribution in [0, 0.1) is 0 Å². The first-order valence-electron chi connectivity index (χ1n) is 6.43. The van der Waals surface area contributed by atoms with Crippen LogP contribution < -0.4 is 0 Å². The maximum atomic E-state index is 5.63. The van der Waals surface area contributed by atoms with Crippen LogP contribution in [-0.4, -0.2) is 19.0 Å². The van der Waals surface area contributed by atoms with E-state index in [9.17, 15) is 0 Å². The molecule has 2 unspecified atom stereocenters. The molecule has 0 radical (unpaired) electrons. The highest BCUT2D eigenvalue weighted by molar-refractivity contribution is 4.48. The summed E-state index contributed by atoms with van der Waals surface area (Å²) in [5.41, 5.74) is 0. The van der Waals surface area contributed by atoms with Crippen LogP contribution in [0.25, 0.3) is 0 Å². The average Bonchev–Trinajstić information content (AvgIpc) is 2.24. The molecule has 0 bridgehead atoms. The van der Waals surface area contributed by atoms with Gasteiger partial charge < -0.3 is 9.47 Å². The van der Waals surface area contributed by atoms with Crippen molar-refractivity contribution >= 4 is 0 Å². The second kappa shape index (κ2) is 13.9. The lowest BCUT2D eigenvalue weighted by Gasteiger charge is -2.20. The van der Waals surface area contributed by atoms with Crippen molar-refractivity contribution in [2.45, 2.75) is 79.6 Å². The second-order valence-corrected chi connectivity index (χ2v) is 3.77. The molecule has 0 amide bonds. The lowest BCUT2D eigenvalue weighted by atomic mass is 10.3. The van der Waals surface area contributed by atoms with Gasteiger partial charge in [-0.15, -0.1) is 0 Å². The summed E-state index contributed by atoms with van der Waals surface area (Å²) in [7, 11) is 0. The fraction of sp³-hybridized carbons (Fsp3) is 1.00. The molecular weight excluding hydrogens is 188 g/mol. The lowest BCUT2D eigenvalue weighted by Crippen LogP contribution is -2.22. The smallest absolute Gasteiger partial charge is 0.157 e. The van der Waals surface area contributed by atoms with Gasteiger partial charge in [0.05, 0.1) is 6.10 Å². The zero-order valence-electron chi connectivity index (χ0n) is 11.5. The van der Waals surface area contributed by atoms with Gasteiger partial charge in [-0.05, 0) is 26.2 Å². The maximum absolute atomic E-state index is 5.63. The Balaban J connectivity index is 0. The van der Waals surface area contributed by atoms with Gasteiger partial charge in [-0.25, -0.2) is 0 Å². The summed E-state index contributed by atoms with van der Waals surface area (Å²) in [4.78, 5) is 0. The Morgan fingerprint density at radius 3 is 1.80 bits per heavy atom. The fourth-order valence-corrected chi connectivity index (χ4v) is 0.858. The van der Waals surface area contributed by atoms with Gasteiger partial charge in [0.2, 0.25) is 0 Å². The first kappa shape index (κ1) is 17.3. The maximum Gasteiger partial charge on any atom is 0.157 e. The molecule has 0 spiro atoms. The molecule has 0 heterocycles. The molecular formula is C13H30O2. The van der Waals surface area contributed by atoms with Crippen molar-refractivity contribution in [1.29, 1.82) is 0 Å². The van der Waals surface area contributed by atoms with Crippen LogP contribution in [0.2, 0.25) is 0 Å². The molecule has 2 heteroatoms. The molecule has 0 aliphatic heterocycles. The van der Waals surface area contributed by atoms with Gasteiger partial charge in [-0.3, -0.25) is 0 Å². The highest BCUT2D eigenvalue weighted by Gasteiger charge is 2.09. The molecule has 0 aliphatic carbocycles. The van der Waals surface area contributed by atoms with Crippen LogP contribution in [0.15, 0.2) is 0 Å². The van der Waals surface area contributed by atoms with E-state index in [1.54, 1.807) is 0 Å². The Labute approximate surface area is 96.4 Å². The van der Waals surface area contributed by atoms with Crippen LogP contribution in [0.4, 0.5) is 0 Å². The summed E-state index contributed by atoms with van der Waals surface area (Å²) < 4.78 is 11.1. The molecule has 2 atom stereocenters. The van der Waals surface area contributed by atoms with E-state index in [4.69, 9.17) is 9.47 Å². The van der Waals surface area contributed by atoms with E-state index < -0.39 is 0 Å². The van der Waals surface area contributed by atoms with Gasteiger partial charge in [0, 0.05) is 6.61 Å². The van der Waals surface area contributed by atoms with Gasteiger partial charge in [0.1, 0.15) is 0 Å². The number of hydrogen-bond acceptors (Lipinski definition) is 2. The van der Waals surface area contributed by atoms with E-state index in [1.165, 1.54) is 6.42 Å². The van der Waals surface area contributed by atoms with Gasteiger partial charge in [0.25, 0.3) is 0 Å².